The molecule has 0 saturated heterocycles. The standard InChI is InChI=1S/C19H23NO2S/c1-3-14-20(16(4-2)19(21)22)17-12-8-9-13-18(17)23-15-10-6-5-7-11-15/h5-13,16H,3-4,14H2,1-2H3,(H,21,22)/t16-/m1/s1. The number of aliphatic carboxylic acids is 1. The van der Waals surface area contributed by atoms with Crippen LogP contribution in [0.3, 0.4) is 0 Å². The van der Waals surface area contributed by atoms with Crippen molar-refractivity contribution in [3.05, 3.63) is 54.6 Å². The molecular weight excluding hydrogens is 306 g/mol. The Kier molecular flexibility index (Phi) is 6.53. The zero-order valence-corrected chi connectivity index (χ0v) is 14.4. The largest absolute Gasteiger partial charge is 0.480 e. The minimum Gasteiger partial charge on any atom is -0.480 e. The number of para-hydroxylation sites is 1. The lowest BCUT2D eigenvalue weighted by Crippen LogP contribution is -2.41. The highest BCUT2D eigenvalue weighted by molar-refractivity contribution is 7.99. The Bertz CT molecular complexity index is 630. The first kappa shape index (κ1) is 17.4. The number of nitrogens with zero attached hydrogens (tertiary/aromatic N) is 1. The second-order valence-corrected chi connectivity index (χ2v) is 6.45. The van der Waals surface area contributed by atoms with Crippen molar-refractivity contribution in [3.8, 4) is 0 Å². The van der Waals surface area contributed by atoms with E-state index >= 15 is 0 Å². The molecule has 3 nitrogen and oxygen atoms in total. The number of carbonyl (C=O) groups is 1. The molecule has 0 unspecified atom stereocenters. The number of carboxylic acids is 1. The van der Waals surface area contributed by atoms with Crippen molar-refractivity contribution in [1.29, 1.82) is 0 Å². The van der Waals surface area contributed by atoms with Crippen LogP contribution in [0.1, 0.15) is 26.7 Å². The van der Waals surface area contributed by atoms with Gasteiger partial charge in [-0.25, -0.2) is 4.79 Å². The predicted octanol–water partition coefficient (Wildman–Crippen LogP) is 4.92. The van der Waals surface area contributed by atoms with Crippen LogP contribution in [0, 0.1) is 0 Å². The van der Waals surface area contributed by atoms with Crippen LogP contribution in [0.4, 0.5) is 5.69 Å². The first-order chi connectivity index (χ1) is 11.2. The molecule has 23 heavy (non-hydrogen) atoms. The molecule has 0 aliphatic carbocycles. The van der Waals surface area contributed by atoms with Crippen molar-refractivity contribution >= 4 is 23.4 Å². The molecule has 2 aromatic carbocycles. The van der Waals surface area contributed by atoms with Crippen molar-refractivity contribution < 1.29 is 9.90 Å². The summed E-state index contributed by atoms with van der Waals surface area (Å²) in [6, 6.07) is 17.7. The van der Waals surface area contributed by atoms with Crippen molar-refractivity contribution in [2.75, 3.05) is 11.4 Å². The Labute approximate surface area is 142 Å². The summed E-state index contributed by atoms with van der Waals surface area (Å²) in [6.45, 7) is 4.74. The summed E-state index contributed by atoms with van der Waals surface area (Å²) in [5.74, 6) is -0.763. The number of hydrogen-bond donors (Lipinski definition) is 1. The molecule has 0 saturated carbocycles. The summed E-state index contributed by atoms with van der Waals surface area (Å²) in [6.07, 6.45) is 1.49. The zero-order valence-electron chi connectivity index (χ0n) is 13.6. The van der Waals surface area contributed by atoms with Gasteiger partial charge in [-0.2, -0.15) is 0 Å². The molecule has 2 rings (SSSR count). The summed E-state index contributed by atoms with van der Waals surface area (Å²) in [4.78, 5) is 15.9. The second-order valence-electron chi connectivity index (χ2n) is 5.34. The number of benzene rings is 2. The molecule has 0 aliphatic heterocycles. The Hall–Kier alpha value is -1.94. The number of hydrogen-bond acceptors (Lipinski definition) is 3. The first-order valence-electron chi connectivity index (χ1n) is 7.98. The summed E-state index contributed by atoms with van der Waals surface area (Å²) >= 11 is 1.67. The third kappa shape index (κ3) is 4.52. The fourth-order valence-electron chi connectivity index (χ4n) is 2.61. The van der Waals surface area contributed by atoms with Gasteiger partial charge in [0.15, 0.2) is 0 Å². The lowest BCUT2D eigenvalue weighted by molar-refractivity contribution is -0.138. The number of rotatable bonds is 8. The van der Waals surface area contributed by atoms with Gasteiger partial charge in [-0.15, -0.1) is 0 Å². The van der Waals surface area contributed by atoms with Crippen LogP contribution in [-0.2, 0) is 4.79 Å². The Balaban J connectivity index is 2.37. The van der Waals surface area contributed by atoms with E-state index in [1.54, 1.807) is 11.8 Å². The monoisotopic (exact) mass is 329 g/mol. The van der Waals surface area contributed by atoms with E-state index in [-0.39, 0.29) is 0 Å². The van der Waals surface area contributed by atoms with Gasteiger partial charge in [-0.3, -0.25) is 0 Å². The molecule has 0 fully saturated rings. The first-order valence-corrected chi connectivity index (χ1v) is 8.80. The summed E-state index contributed by atoms with van der Waals surface area (Å²) in [5, 5.41) is 9.56. The van der Waals surface area contributed by atoms with Crippen LogP contribution >= 0.6 is 11.8 Å². The average molecular weight is 329 g/mol. The third-order valence-electron chi connectivity index (χ3n) is 3.66. The fourth-order valence-corrected chi connectivity index (χ4v) is 3.59. The highest BCUT2D eigenvalue weighted by atomic mass is 32.2. The highest BCUT2D eigenvalue weighted by Crippen LogP contribution is 2.36. The molecule has 0 bridgehead atoms. The summed E-state index contributed by atoms with van der Waals surface area (Å²) in [5.41, 5.74) is 0.998. The van der Waals surface area contributed by atoms with Crippen LogP contribution in [0.25, 0.3) is 0 Å². The molecular formula is C19H23NO2S. The maximum absolute atomic E-state index is 11.6. The highest BCUT2D eigenvalue weighted by Gasteiger charge is 2.25. The van der Waals surface area contributed by atoms with Gasteiger partial charge in [-0.1, -0.05) is 55.9 Å². The van der Waals surface area contributed by atoms with Crippen LogP contribution in [0.2, 0.25) is 0 Å². The van der Waals surface area contributed by atoms with E-state index in [0.717, 1.165) is 28.4 Å². The van der Waals surface area contributed by atoms with Crippen LogP contribution in [0.15, 0.2) is 64.4 Å². The van der Waals surface area contributed by atoms with Crippen molar-refractivity contribution in [3.63, 3.8) is 0 Å². The molecule has 1 N–H and O–H groups in total. The minimum absolute atomic E-state index is 0.493. The second kappa shape index (κ2) is 8.63. The zero-order chi connectivity index (χ0) is 16.7. The van der Waals surface area contributed by atoms with Gasteiger partial charge in [0.2, 0.25) is 0 Å². The minimum atomic E-state index is -0.763. The maximum atomic E-state index is 11.6. The lowest BCUT2D eigenvalue weighted by Gasteiger charge is -2.31. The third-order valence-corrected chi connectivity index (χ3v) is 4.73. The van der Waals surface area contributed by atoms with Gasteiger partial charge in [0.25, 0.3) is 0 Å². The van der Waals surface area contributed by atoms with Gasteiger partial charge < -0.3 is 10.0 Å². The average Bonchev–Trinajstić information content (AvgIpc) is 2.56. The Morgan fingerprint density at radius 3 is 2.35 bits per heavy atom. The topological polar surface area (TPSA) is 40.5 Å². The SMILES string of the molecule is CCCN(c1ccccc1Sc1ccccc1)[C@H](CC)C(=O)O. The lowest BCUT2D eigenvalue weighted by atomic mass is 10.1. The van der Waals surface area contributed by atoms with E-state index in [9.17, 15) is 9.90 Å². The molecule has 2 aromatic rings. The van der Waals surface area contributed by atoms with Crippen LogP contribution < -0.4 is 4.90 Å². The van der Waals surface area contributed by atoms with E-state index in [0.29, 0.717) is 6.42 Å². The molecule has 122 valence electrons. The maximum Gasteiger partial charge on any atom is 0.326 e. The molecule has 4 heteroatoms. The summed E-state index contributed by atoms with van der Waals surface area (Å²) in [7, 11) is 0. The van der Waals surface area contributed by atoms with Gasteiger partial charge in [0, 0.05) is 16.3 Å². The van der Waals surface area contributed by atoms with Crippen molar-refractivity contribution in [2.45, 2.75) is 42.5 Å². The van der Waals surface area contributed by atoms with Crippen LogP contribution in [0.5, 0.6) is 0 Å². The normalized spacial score (nSPS) is 11.9. The van der Waals surface area contributed by atoms with Gasteiger partial charge in [-0.05, 0) is 37.1 Å². The fraction of sp³-hybridized carbons (Fsp3) is 0.316. The van der Waals surface area contributed by atoms with E-state index in [1.807, 2.05) is 48.2 Å². The van der Waals surface area contributed by atoms with E-state index in [1.165, 1.54) is 0 Å². The molecule has 0 aliphatic rings. The van der Waals surface area contributed by atoms with Crippen LogP contribution in [-0.4, -0.2) is 23.7 Å². The van der Waals surface area contributed by atoms with Crippen molar-refractivity contribution in [1.82, 2.24) is 0 Å². The predicted molar refractivity (Wildman–Crippen MR) is 96.4 cm³/mol. The molecule has 0 aromatic heterocycles. The van der Waals surface area contributed by atoms with E-state index in [4.69, 9.17) is 0 Å². The van der Waals surface area contributed by atoms with Gasteiger partial charge in [0.1, 0.15) is 6.04 Å². The van der Waals surface area contributed by atoms with E-state index in [2.05, 4.69) is 25.1 Å². The van der Waals surface area contributed by atoms with Gasteiger partial charge in [0.05, 0.1) is 5.69 Å². The smallest absolute Gasteiger partial charge is 0.326 e. The molecule has 0 amide bonds. The van der Waals surface area contributed by atoms with E-state index < -0.39 is 12.0 Å². The molecule has 0 radical (unpaired) electrons. The molecule has 0 spiro atoms. The molecule has 1 atom stereocenters. The summed E-state index contributed by atoms with van der Waals surface area (Å²) < 4.78 is 0. The Morgan fingerprint density at radius 1 is 1.09 bits per heavy atom. The number of carboxylic acid groups (broad SMARTS) is 1. The number of anilines is 1. The van der Waals surface area contributed by atoms with Crippen molar-refractivity contribution in [2.24, 2.45) is 0 Å². The van der Waals surface area contributed by atoms with Gasteiger partial charge >= 0.3 is 5.97 Å². The Morgan fingerprint density at radius 2 is 1.74 bits per heavy atom. The quantitative estimate of drug-likeness (QED) is 0.746. The molecule has 0 heterocycles.